The minimum Gasteiger partial charge on any atom is -0.399 e. The number of carbonyl (C=O) groups is 1. The number of aryl methyl sites for hydroxylation is 1. The molecule has 1 aromatic carbocycles. The number of nitrogens with two attached hydrogens (primary N) is 1. The molecule has 1 heterocycles. The Morgan fingerprint density at radius 2 is 2.23 bits per heavy atom. The van der Waals surface area contributed by atoms with E-state index in [2.05, 4.69) is 0 Å². The van der Waals surface area contributed by atoms with Gasteiger partial charge in [0.2, 0.25) is 0 Å². The van der Waals surface area contributed by atoms with Crippen LogP contribution in [0.2, 0.25) is 0 Å². The molecule has 0 aliphatic carbocycles. The van der Waals surface area contributed by atoms with Crippen LogP contribution in [0.3, 0.4) is 0 Å². The van der Waals surface area contributed by atoms with Gasteiger partial charge in [0, 0.05) is 28.3 Å². The van der Waals surface area contributed by atoms with Gasteiger partial charge in [0.25, 0.3) is 0 Å². The van der Waals surface area contributed by atoms with E-state index in [-0.39, 0.29) is 5.78 Å². The van der Waals surface area contributed by atoms with Gasteiger partial charge in [-0.25, -0.2) is 0 Å². The van der Waals surface area contributed by atoms with Crippen molar-refractivity contribution in [1.29, 1.82) is 0 Å². The highest BCUT2D eigenvalue weighted by Crippen LogP contribution is 2.34. The van der Waals surface area contributed by atoms with E-state index >= 15 is 0 Å². The summed E-state index contributed by atoms with van der Waals surface area (Å²) in [5.41, 5.74) is 8.30. The number of nitrogen functional groups attached to an aromatic ring is 1. The van der Waals surface area contributed by atoms with Gasteiger partial charge in [0.05, 0.1) is 0 Å². The molecule has 0 aromatic heterocycles. The number of hydrogen-bond donors (Lipinski definition) is 1. The fraction of sp³-hybridized carbons (Fsp3) is 0.300. The maximum absolute atomic E-state index is 11.5. The lowest BCUT2D eigenvalue weighted by Gasteiger charge is -2.16. The van der Waals surface area contributed by atoms with E-state index in [4.69, 9.17) is 5.73 Å². The third kappa shape index (κ3) is 1.44. The van der Waals surface area contributed by atoms with Crippen molar-refractivity contribution in [2.24, 2.45) is 0 Å². The molecule has 2 nitrogen and oxygen atoms in total. The van der Waals surface area contributed by atoms with Crippen molar-refractivity contribution >= 4 is 23.2 Å². The summed E-state index contributed by atoms with van der Waals surface area (Å²) in [5.74, 6) is 1.13. The predicted octanol–water partition coefficient (Wildman–Crippen LogP) is 2.26. The molecule has 0 amide bonds. The number of rotatable bonds is 0. The average molecular weight is 193 g/mol. The van der Waals surface area contributed by atoms with Gasteiger partial charge in [-0.05, 0) is 24.6 Å². The molecular formula is C10H11NOS. The smallest absolute Gasteiger partial charge is 0.164 e. The van der Waals surface area contributed by atoms with Gasteiger partial charge in [-0.2, -0.15) is 0 Å². The molecule has 2 rings (SSSR count). The van der Waals surface area contributed by atoms with Gasteiger partial charge in [-0.3, -0.25) is 4.79 Å². The van der Waals surface area contributed by atoms with Crippen molar-refractivity contribution in [3.05, 3.63) is 23.3 Å². The van der Waals surface area contributed by atoms with Crippen LogP contribution in [-0.4, -0.2) is 11.5 Å². The number of carbonyl (C=O) groups excluding carboxylic acids is 1. The first-order valence-corrected chi connectivity index (χ1v) is 5.23. The first-order chi connectivity index (χ1) is 6.18. The predicted molar refractivity (Wildman–Crippen MR) is 55.3 cm³/mol. The lowest BCUT2D eigenvalue weighted by atomic mass is 10.0. The Hall–Kier alpha value is -0.960. The van der Waals surface area contributed by atoms with Crippen LogP contribution in [0.15, 0.2) is 17.0 Å². The number of thioether (sulfide) groups is 1. The summed E-state index contributed by atoms with van der Waals surface area (Å²) in [6.45, 7) is 2.00. The Kier molecular flexibility index (Phi) is 2.04. The number of hydrogen-bond acceptors (Lipinski definition) is 3. The Morgan fingerprint density at radius 1 is 1.46 bits per heavy atom. The van der Waals surface area contributed by atoms with Crippen molar-refractivity contribution in [2.75, 3.05) is 11.5 Å². The molecule has 1 aromatic rings. The Labute approximate surface area is 81.5 Å². The SMILES string of the molecule is Cc1cc(N)cc2c1SCCC2=O. The average Bonchev–Trinajstić information content (AvgIpc) is 2.07. The standard InChI is InChI=1S/C10H11NOS/c1-6-4-7(11)5-8-9(12)2-3-13-10(6)8/h4-5H,2-3,11H2,1H3. The summed E-state index contributed by atoms with van der Waals surface area (Å²) in [6.07, 6.45) is 0.639. The molecule has 0 bridgehead atoms. The molecular weight excluding hydrogens is 182 g/mol. The van der Waals surface area contributed by atoms with Crippen molar-refractivity contribution in [3.63, 3.8) is 0 Å². The summed E-state index contributed by atoms with van der Waals surface area (Å²) in [6, 6.07) is 3.71. The molecule has 0 spiro atoms. The largest absolute Gasteiger partial charge is 0.399 e. The molecule has 1 aliphatic heterocycles. The monoisotopic (exact) mass is 193 g/mol. The van der Waals surface area contributed by atoms with Crippen LogP contribution in [0.4, 0.5) is 5.69 Å². The fourth-order valence-electron chi connectivity index (χ4n) is 1.58. The van der Waals surface area contributed by atoms with E-state index < -0.39 is 0 Å². The number of fused-ring (bicyclic) bond motifs is 1. The zero-order valence-electron chi connectivity index (χ0n) is 7.46. The van der Waals surface area contributed by atoms with E-state index in [1.54, 1.807) is 17.8 Å². The summed E-state index contributed by atoms with van der Waals surface area (Å²) in [4.78, 5) is 12.6. The summed E-state index contributed by atoms with van der Waals surface area (Å²) in [7, 11) is 0. The highest BCUT2D eigenvalue weighted by atomic mass is 32.2. The second-order valence-electron chi connectivity index (χ2n) is 3.24. The second-order valence-corrected chi connectivity index (χ2v) is 4.34. The van der Waals surface area contributed by atoms with Crippen LogP contribution >= 0.6 is 11.8 Å². The Morgan fingerprint density at radius 3 is 3.00 bits per heavy atom. The van der Waals surface area contributed by atoms with Gasteiger partial charge in [-0.15, -0.1) is 11.8 Å². The minimum absolute atomic E-state index is 0.226. The molecule has 0 radical (unpaired) electrons. The van der Waals surface area contributed by atoms with Gasteiger partial charge < -0.3 is 5.73 Å². The molecule has 1 aliphatic rings. The molecule has 0 saturated carbocycles. The zero-order chi connectivity index (χ0) is 9.42. The van der Waals surface area contributed by atoms with E-state index in [0.29, 0.717) is 12.1 Å². The van der Waals surface area contributed by atoms with Crippen LogP contribution in [0.1, 0.15) is 22.3 Å². The maximum Gasteiger partial charge on any atom is 0.164 e. The fourth-order valence-corrected chi connectivity index (χ4v) is 2.69. The van der Waals surface area contributed by atoms with Crippen molar-refractivity contribution < 1.29 is 4.79 Å². The minimum atomic E-state index is 0.226. The van der Waals surface area contributed by atoms with Crippen LogP contribution in [-0.2, 0) is 0 Å². The molecule has 3 heteroatoms. The van der Waals surface area contributed by atoms with Crippen molar-refractivity contribution in [2.45, 2.75) is 18.2 Å². The number of anilines is 1. The van der Waals surface area contributed by atoms with Gasteiger partial charge in [0.15, 0.2) is 5.78 Å². The number of benzene rings is 1. The van der Waals surface area contributed by atoms with Crippen LogP contribution in [0.25, 0.3) is 0 Å². The van der Waals surface area contributed by atoms with Crippen LogP contribution < -0.4 is 5.73 Å². The van der Waals surface area contributed by atoms with E-state index in [0.717, 1.165) is 21.8 Å². The molecule has 0 atom stereocenters. The summed E-state index contributed by atoms with van der Waals surface area (Å²) >= 11 is 1.75. The third-order valence-electron chi connectivity index (χ3n) is 2.17. The van der Waals surface area contributed by atoms with E-state index in [1.165, 1.54) is 0 Å². The molecule has 2 N–H and O–H groups in total. The van der Waals surface area contributed by atoms with Crippen LogP contribution in [0.5, 0.6) is 0 Å². The first-order valence-electron chi connectivity index (χ1n) is 4.24. The molecule has 0 saturated heterocycles. The quantitative estimate of drug-likeness (QED) is 0.643. The van der Waals surface area contributed by atoms with Crippen LogP contribution in [0, 0.1) is 6.92 Å². The summed E-state index contributed by atoms with van der Waals surface area (Å²) < 4.78 is 0. The molecule has 13 heavy (non-hydrogen) atoms. The van der Waals surface area contributed by atoms with Gasteiger partial charge in [0.1, 0.15) is 0 Å². The normalized spacial score (nSPS) is 15.6. The Balaban J connectivity index is 2.63. The zero-order valence-corrected chi connectivity index (χ0v) is 8.28. The third-order valence-corrected chi connectivity index (χ3v) is 3.41. The topological polar surface area (TPSA) is 43.1 Å². The highest BCUT2D eigenvalue weighted by Gasteiger charge is 2.19. The lowest BCUT2D eigenvalue weighted by molar-refractivity contribution is 0.0984. The molecule has 68 valence electrons. The molecule has 0 unspecified atom stereocenters. The number of Topliss-reactive ketones (excluding diaryl/α,β-unsaturated/α-hetero) is 1. The van der Waals surface area contributed by atoms with Crippen molar-refractivity contribution in [1.82, 2.24) is 0 Å². The number of ketones is 1. The summed E-state index contributed by atoms with van der Waals surface area (Å²) in [5, 5.41) is 0. The first kappa shape index (κ1) is 8.63. The van der Waals surface area contributed by atoms with E-state index in [1.807, 2.05) is 13.0 Å². The maximum atomic E-state index is 11.5. The second kappa shape index (κ2) is 3.07. The lowest BCUT2D eigenvalue weighted by Crippen LogP contribution is -2.09. The molecule has 0 fully saturated rings. The van der Waals surface area contributed by atoms with Crippen molar-refractivity contribution in [3.8, 4) is 0 Å². The van der Waals surface area contributed by atoms with Gasteiger partial charge >= 0.3 is 0 Å². The Bertz CT molecular complexity index is 373. The van der Waals surface area contributed by atoms with E-state index in [9.17, 15) is 4.79 Å². The highest BCUT2D eigenvalue weighted by molar-refractivity contribution is 7.99. The van der Waals surface area contributed by atoms with Gasteiger partial charge in [-0.1, -0.05) is 0 Å².